The summed E-state index contributed by atoms with van der Waals surface area (Å²) in [5.74, 6) is 0.906. The van der Waals surface area contributed by atoms with E-state index in [1.54, 1.807) is 13.2 Å². The highest BCUT2D eigenvalue weighted by Gasteiger charge is 2.04. The Morgan fingerprint density at radius 1 is 1.16 bits per heavy atom. The van der Waals surface area contributed by atoms with Crippen molar-refractivity contribution < 1.29 is 4.74 Å². The van der Waals surface area contributed by atoms with Gasteiger partial charge in [-0.2, -0.15) is 0 Å². The monoisotopic (exact) mass is 276 g/mol. The van der Waals surface area contributed by atoms with E-state index in [0.29, 0.717) is 10.7 Å². The van der Waals surface area contributed by atoms with Gasteiger partial charge in [-0.1, -0.05) is 35.9 Å². The van der Waals surface area contributed by atoms with Crippen LogP contribution in [0.1, 0.15) is 5.56 Å². The summed E-state index contributed by atoms with van der Waals surface area (Å²) in [6.45, 7) is 0.769. The first kappa shape index (κ1) is 13.6. The molecule has 0 heterocycles. The molecule has 2 aromatic rings. The number of methoxy groups -OCH3 is 1. The molecular formula is C15H17ClN2O. The third-order valence-corrected chi connectivity index (χ3v) is 3.28. The Morgan fingerprint density at radius 2 is 1.95 bits per heavy atom. The summed E-state index contributed by atoms with van der Waals surface area (Å²) in [7, 11) is 1.68. The zero-order valence-electron chi connectivity index (χ0n) is 10.8. The van der Waals surface area contributed by atoms with Crippen molar-refractivity contribution >= 4 is 23.0 Å². The first-order chi connectivity index (χ1) is 9.22. The Balaban J connectivity index is 1.98. The van der Waals surface area contributed by atoms with Gasteiger partial charge < -0.3 is 15.8 Å². The lowest BCUT2D eigenvalue weighted by atomic mass is 10.1. The minimum absolute atomic E-state index is 0.572. The van der Waals surface area contributed by atoms with Crippen LogP contribution in [-0.4, -0.2) is 13.7 Å². The summed E-state index contributed by atoms with van der Waals surface area (Å²) in [4.78, 5) is 0. The minimum Gasteiger partial charge on any atom is -0.496 e. The van der Waals surface area contributed by atoms with Crippen LogP contribution in [0.25, 0.3) is 0 Å². The average Bonchev–Trinajstić information content (AvgIpc) is 2.44. The summed E-state index contributed by atoms with van der Waals surface area (Å²) >= 11 is 5.97. The molecule has 0 amide bonds. The first-order valence-corrected chi connectivity index (χ1v) is 6.50. The molecule has 3 N–H and O–H groups in total. The highest BCUT2D eigenvalue weighted by molar-refractivity contribution is 6.33. The summed E-state index contributed by atoms with van der Waals surface area (Å²) in [5, 5.41) is 3.86. The largest absolute Gasteiger partial charge is 0.496 e. The van der Waals surface area contributed by atoms with E-state index in [1.165, 1.54) is 0 Å². The molecule has 100 valence electrons. The van der Waals surface area contributed by atoms with Crippen LogP contribution in [0.2, 0.25) is 5.02 Å². The minimum atomic E-state index is 0.572. The van der Waals surface area contributed by atoms with Crippen molar-refractivity contribution in [3.8, 4) is 5.75 Å². The van der Waals surface area contributed by atoms with Crippen LogP contribution < -0.4 is 15.8 Å². The Hall–Kier alpha value is -1.87. The summed E-state index contributed by atoms with van der Waals surface area (Å²) < 4.78 is 5.32. The van der Waals surface area contributed by atoms with E-state index < -0.39 is 0 Å². The molecular weight excluding hydrogens is 260 g/mol. The number of rotatable bonds is 5. The first-order valence-electron chi connectivity index (χ1n) is 6.12. The van der Waals surface area contributed by atoms with E-state index in [2.05, 4.69) is 11.4 Å². The number of hydrogen-bond donors (Lipinski definition) is 2. The molecule has 0 aliphatic rings. The van der Waals surface area contributed by atoms with E-state index in [-0.39, 0.29) is 0 Å². The smallest absolute Gasteiger partial charge is 0.122 e. The molecule has 3 nitrogen and oxygen atoms in total. The van der Waals surface area contributed by atoms with E-state index in [4.69, 9.17) is 22.1 Å². The maximum Gasteiger partial charge on any atom is 0.122 e. The number of nitrogens with two attached hydrogens (primary N) is 1. The molecule has 0 bridgehead atoms. The zero-order valence-corrected chi connectivity index (χ0v) is 11.6. The van der Waals surface area contributed by atoms with Crippen molar-refractivity contribution in [1.29, 1.82) is 0 Å². The van der Waals surface area contributed by atoms with Gasteiger partial charge in [0.2, 0.25) is 0 Å². The molecule has 0 radical (unpaired) electrons. The van der Waals surface area contributed by atoms with Crippen LogP contribution in [0.3, 0.4) is 0 Å². The highest BCUT2D eigenvalue weighted by Crippen LogP contribution is 2.26. The third-order valence-electron chi connectivity index (χ3n) is 2.96. The van der Waals surface area contributed by atoms with Crippen LogP contribution in [0.4, 0.5) is 11.4 Å². The van der Waals surface area contributed by atoms with Crippen LogP contribution in [0.5, 0.6) is 5.75 Å². The number of nitrogens with one attached hydrogen (secondary N) is 1. The van der Waals surface area contributed by atoms with Crippen LogP contribution in [0.15, 0.2) is 42.5 Å². The second kappa shape index (κ2) is 6.34. The van der Waals surface area contributed by atoms with Gasteiger partial charge in [-0.25, -0.2) is 0 Å². The van der Waals surface area contributed by atoms with Crippen molar-refractivity contribution in [2.75, 3.05) is 24.7 Å². The molecule has 0 atom stereocenters. The lowest BCUT2D eigenvalue weighted by Gasteiger charge is -2.12. The average molecular weight is 277 g/mol. The van der Waals surface area contributed by atoms with Gasteiger partial charge >= 0.3 is 0 Å². The second-order valence-corrected chi connectivity index (χ2v) is 4.60. The molecule has 2 aromatic carbocycles. The van der Waals surface area contributed by atoms with Crippen molar-refractivity contribution in [3.05, 3.63) is 53.1 Å². The molecule has 0 aromatic heterocycles. The number of anilines is 2. The van der Waals surface area contributed by atoms with E-state index in [9.17, 15) is 0 Å². The number of ether oxygens (including phenoxy) is 1. The number of halogens is 1. The van der Waals surface area contributed by atoms with Crippen molar-refractivity contribution in [2.45, 2.75) is 6.42 Å². The Kier molecular flexibility index (Phi) is 4.53. The predicted octanol–water partition coefficient (Wildman–Crippen LogP) is 3.59. The fraction of sp³-hybridized carbons (Fsp3) is 0.200. The van der Waals surface area contributed by atoms with E-state index in [0.717, 1.165) is 30.0 Å². The lowest BCUT2D eigenvalue weighted by Crippen LogP contribution is -2.07. The fourth-order valence-corrected chi connectivity index (χ4v) is 2.11. The SMILES string of the molecule is COc1ccccc1CCNc1cccc(Cl)c1N. The van der Waals surface area contributed by atoms with Crippen LogP contribution in [0, 0.1) is 0 Å². The molecule has 0 fully saturated rings. The number of benzene rings is 2. The van der Waals surface area contributed by atoms with E-state index in [1.807, 2.05) is 30.3 Å². The normalized spacial score (nSPS) is 10.2. The van der Waals surface area contributed by atoms with Gasteiger partial charge in [0.05, 0.1) is 23.5 Å². The summed E-state index contributed by atoms with van der Waals surface area (Å²) in [6, 6.07) is 13.6. The predicted molar refractivity (Wildman–Crippen MR) is 81.1 cm³/mol. The van der Waals surface area contributed by atoms with Gasteiger partial charge in [0.1, 0.15) is 5.75 Å². The highest BCUT2D eigenvalue weighted by atomic mass is 35.5. The lowest BCUT2D eigenvalue weighted by molar-refractivity contribution is 0.410. The fourth-order valence-electron chi connectivity index (χ4n) is 1.93. The van der Waals surface area contributed by atoms with Gasteiger partial charge in [-0.3, -0.25) is 0 Å². The number of nitrogen functional groups attached to an aromatic ring is 1. The molecule has 0 aliphatic carbocycles. The van der Waals surface area contributed by atoms with Gasteiger partial charge in [0.15, 0.2) is 0 Å². The molecule has 0 spiro atoms. The molecule has 2 rings (SSSR count). The zero-order chi connectivity index (χ0) is 13.7. The van der Waals surface area contributed by atoms with Crippen LogP contribution >= 0.6 is 11.6 Å². The standard InChI is InChI=1S/C15H17ClN2O/c1-19-14-8-3-2-5-11(14)9-10-18-13-7-4-6-12(16)15(13)17/h2-8,18H,9-10,17H2,1H3. The molecule has 0 saturated heterocycles. The molecule has 19 heavy (non-hydrogen) atoms. The van der Waals surface area contributed by atoms with E-state index >= 15 is 0 Å². The van der Waals surface area contributed by atoms with Gasteiger partial charge in [0, 0.05) is 6.54 Å². The maximum absolute atomic E-state index is 5.97. The maximum atomic E-state index is 5.97. The van der Waals surface area contributed by atoms with Gasteiger partial charge in [-0.15, -0.1) is 0 Å². The van der Waals surface area contributed by atoms with Crippen molar-refractivity contribution in [3.63, 3.8) is 0 Å². The second-order valence-electron chi connectivity index (χ2n) is 4.19. The number of hydrogen-bond acceptors (Lipinski definition) is 3. The molecule has 0 saturated carbocycles. The van der Waals surface area contributed by atoms with Crippen LogP contribution in [-0.2, 0) is 6.42 Å². The Morgan fingerprint density at radius 3 is 2.74 bits per heavy atom. The van der Waals surface area contributed by atoms with Crippen molar-refractivity contribution in [1.82, 2.24) is 0 Å². The van der Waals surface area contributed by atoms with Gasteiger partial charge in [-0.05, 0) is 30.2 Å². The quantitative estimate of drug-likeness (QED) is 0.821. The summed E-state index contributed by atoms with van der Waals surface area (Å²) in [6.07, 6.45) is 0.857. The topological polar surface area (TPSA) is 47.3 Å². The summed E-state index contributed by atoms with van der Waals surface area (Å²) in [5.41, 5.74) is 8.51. The Bertz CT molecular complexity index is 558. The molecule has 0 unspecified atom stereocenters. The van der Waals surface area contributed by atoms with Crippen molar-refractivity contribution in [2.24, 2.45) is 0 Å². The Labute approximate surface area is 118 Å². The molecule has 0 aliphatic heterocycles. The number of para-hydroxylation sites is 2. The third kappa shape index (κ3) is 3.32. The van der Waals surface area contributed by atoms with Gasteiger partial charge in [0.25, 0.3) is 0 Å². The molecule has 4 heteroatoms.